The zero-order valence-corrected chi connectivity index (χ0v) is 70.1. The van der Waals surface area contributed by atoms with Crippen molar-refractivity contribution >= 4 is 118 Å². The lowest BCUT2D eigenvalue weighted by atomic mass is 9.77. The van der Waals surface area contributed by atoms with Gasteiger partial charge >= 0.3 is 31.8 Å². The molecule has 0 unspecified atom stereocenters. The molecule has 49 heteroatoms. The molecule has 2 N–H and O–H groups in total. The Labute approximate surface area is 702 Å². The molecule has 7 aliphatic rings. The fraction of sp³-hybridized carbons (Fsp3) is 0.556. The number of ether oxygens (including phenoxy) is 6. The summed E-state index contributed by atoms with van der Waals surface area (Å²) in [5.41, 5.74) is -0.0742. The van der Waals surface area contributed by atoms with Gasteiger partial charge in [-0.25, -0.2) is 34.9 Å². The van der Waals surface area contributed by atoms with Crippen molar-refractivity contribution in [3.05, 3.63) is 81.1 Å². The summed E-state index contributed by atoms with van der Waals surface area (Å²) in [5, 5.41) is 0.234. The summed E-state index contributed by atoms with van der Waals surface area (Å²) in [6, 6.07) is 3.49. The van der Waals surface area contributed by atoms with Crippen LogP contribution in [0.2, 0.25) is 5.28 Å². The lowest BCUT2D eigenvalue weighted by Gasteiger charge is -2.32. The highest BCUT2D eigenvalue weighted by Gasteiger charge is 2.54. The SMILES string of the molecule is CN(C)C=Nc1cc(C(F)(F)F)c(-c2nc(N3CCOCC3)nc(N3CCOCC3)n2)cn1.CN(C)C=Nc1cc(C(F)(F)F)c(B2OC(C)(C)C(C)(C)O2)cn1.CN(C)C=Nc1cc(C(F)(F)F)c(Br)cn1.Clc1nc(N2CCOCC2)nc(N2CCOCC2)n1.Nc1cc(C(F)(F)F)c(-c2nc(N3CCOCC3)nc(N3CCOCC3)n2)cn1. The van der Waals surface area contributed by atoms with Gasteiger partial charge in [-0.15, -0.1) is 0 Å². The molecule has 0 aliphatic carbocycles. The molecule has 34 nitrogen and oxygen atoms in total. The number of nitrogens with two attached hydrogens (primary N) is 1. The van der Waals surface area contributed by atoms with Gasteiger partial charge in [-0.3, -0.25) is 0 Å². The third-order valence-corrected chi connectivity index (χ3v) is 19.4. The molecule has 7 aliphatic heterocycles. The first-order chi connectivity index (χ1) is 57.2. The van der Waals surface area contributed by atoms with Gasteiger partial charge < -0.3 is 87.6 Å². The van der Waals surface area contributed by atoms with Crippen molar-refractivity contribution in [2.75, 3.05) is 235 Å². The summed E-state index contributed by atoms with van der Waals surface area (Å²) in [6.07, 6.45) is -9.71. The smallest absolute Gasteiger partial charge is 0.399 e. The number of nitrogens with zero attached hydrogens (tertiary/aromatic N) is 25. The molecular formula is C72H91BBrClF12N26O8. The van der Waals surface area contributed by atoms with E-state index in [4.69, 9.17) is 55.1 Å². The van der Waals surface area contributed by atoms with E-state index in [0.717, 1.165) is 75.2 Å². The standard InChI is InChI=1S/C20H25F3N8O2.C17H20F3N7O2.C15H21BF3N3O2.C11H16ClN5O2.C9H9BrF3N3/c1-29(2)13-25-16-11-15(20(21,22)23)14(12-24-16)17-26-18(30-3-7-32-8-4-30)28-19(27-17)31-5-9-33-10-6-31;18-17(19,20)12-9-13(21)22-10-11(12)14-23-15(26-1-5-28-6-2-26)25-16(24-14)27-3-7-29-8-4-27;1-13(2)14(3,4)24-16(23-13)11-8-20-12(21-9-22(5)6)7-10(11)15(17,18)19;12-9-13-10(16-1-5-18-6-2-16)15-11(14-9)17-3-7-19-8-4-17;1-16(2)5-15-8-3-6(9(11,12)13)7(10)4-14-8/h11-13H,3-10H2,1-2H3;9-10H,1-8H2,(H2,21,22);7-9H,1-6H3;1-8H2;3-5H,1-2H3. The van der Waals surface area contributed by atoms with Crippen LogP contribution in [0, 0.1) is 0 Å². The first-order valence-corrected chi connectivity index (χ1v) is 38.9. The minimum absolute atomic E-state index is 0.0178. The van der Waals surface area contributed by atoms with E-state index in [1.54, 1.807) is 84.7 Å². The fourth-order valence-corrected chi connectivity index (χ4v) is 12.3. The van der Waals surface area contributed by atoms with Crippen molar-refractivity contribution in [2.24, 2.45) is 15.0 Å². The summed E-state index contributed by atoms with van der Waals surface area (Å²) < 4.78 is 204. The van der Waals surface area contributed by atoms with E-state index in [-0.39, 0.29) is 61.3 Å². The van der Waals surface area contributed by atoms with Crippen molar-refractivity contribution in [2.45, 2.75) is 63.6 Å². The maximum atomic E-state index is 14.0. The summed E-state index contributed by atoms with van der Waals surface area (Å²) in [5.74, 6) is 2.02. The van der Waals surface area contributed by atoms with Crippen molar-refractivity contribution < 1.29 is 90.4 Å². The van der Waals surface area contributed by atoms with E-state index < -0.39 is 65.3 Å². The number of alkyl halides is 12. The van der Waals surface area contributed by atoms with Crippen LogP contribution in [0.5, 0.6) is 0 Å². The van der Waals surface area contributed by atoms with E-state index in [1.165, 1.54) is 19.0 Å². The topological polar surface area (TPSA) is 334 Å². The lowest BCUT2D eigenvalue weighted by Crippen LogP contribution is -2.41. The Balaban J connectivity index is 0.000000162. The van der Waals surface area contributed by atoms with Gasteiger partial charge in [-0.05, 0) is 79.5 Å². The number of pyridine rings is 4. The highest BCUT2D eigenvalue weighted by atomic mass is 79.9. The Morgan fingerprint density at radius 1 is 0.388 bits per heavy atom. The van der Waals surface area contributed by atoms with Gasteiger partial charge in [0.05, 0.1) is 143 Å². The minimum Gasteiger partial charge on any atom is -0.399 e. The van der Waals surface area contributed by atoms with Crippen molar-refractivity contribution in [3.63, 3.8) is 0 Å². The molecule has 14 rings (SSSR count). The predicted octanol–water partition coefficient (Wildman–Crippen LogP) is 8.96. The van der Waals surface area contributed by atoms with Gasteiger partial charge in [0.1, 0.15) is 5.82 Å². The average molecular weight is 1800 g/mol. The number of halogens is 14. The quantitative estimate of drug-likeness (QED) is 0.0433. The van der Waals surface area contributed by atoms with Crippen LogP contribution in [0.15, 0.2) is 68.5 Å². The van der Waals surface area contributed by atoms with Crippen molar-refractivity contribution in [3.8, 4) is 22.8 Å². The zero-order chi connectivity index (χ0) is 87.6. The second-order valence-corrected chi connectivity index (χ2v) is 30.1. The highest BCUT2D eigenvalue weighted by Crippen LogP contribution is 2.42. The van der Waals surface area contributed by atoms with Gasteiger partial charge in [0.15, 0.2) is 29.1 Å². The normalized spacial score (nSPS) is 18.0. The van der Waals surface area contributed by atoms with Gasteiger partial charge in [0.2, 0.25) is 41.0 Å². The number of aliphatic imine (C=N–C) groups is 3. The molecule has 0 atom stereocenters. The molecule has 14 heterocycles. The molecule has 0 amide bonds. The number of hydrogen-bond donors (Lipinski definition) is 1. The molecule has 0 bridgehead atoms. The molecule has 0 aromatic carbocycles. The minimum atomic E-state index is -4.65. The summed E-state index contributed by atoms with van der Waals surface area (Å²) in [6.45, 7) is 21.2. The van der Waals surface area contributed by atoms with E-state index >= 15 is 0 Å². The Hall–Kier alpha value is -9.69. The number of hydrogen-bond acceptors (Lipinski definition) is 31. The first kappa shape index (κ1) is 93.6. The molecule has 0 spiro atoms. The maximum Gasteiger partial charge on any atom is 0.497 e. The second kappa shape index (κ2) is 41.5. The first-order valence-electron chi connectivity index (χ1n) is 37.8. The van der Waals surface area contributed by atoms with Crippen LogP contribution in [-0.4, -0.2) is 317 Å². The molecule has 0 radical (unpaired) electrons. The molecule has 121 heavy (non-hydrogen) atoms. The van der Waals surface area contributed by atoms with Crippen molar-refractivity contribution in [1.29, 1.82) is 0 Å². The largest absolute Gasteiger partial charge is 0.497 e. The monoisotopic (exact) mass is 1800 g/mol. The number of nitrogen functional groups attached to an aromatic ring is 1. The molecule has 0 saturated carbocycles. The summed E-state index contributed by atoms with van der Waals surface area (Å²) >= 11 is 8.81. The van der Waals surface area contributed by atoms with Gasteiger partial charge in [-0.2, -0.15) is 97.5 Å². The highest BCUT2D eigenvalue weighted by molar-refractivity contribution is 9.10. The third-order valence-electron chi connectivity index (χ3n) is 18.6. The summed E-state index contributed by atoms with van der Waals surface area (Å²) in [7, 11) is 9.16. The molecule has 7 saturated heterocycles. The zero-order valence-electron chi connectivity index (χ0n) is 67.7. The predicted molar refractivity (Wildman–Crippen MR) is 431 cm³/mol. The van der Waals surface area contributed by atoms with Crippen LogP contribution in [0.3, 0.4) is 0 Å². The Morgan fingerprint density at radius 3 is 0.959 bits per heavy atom. The van der Waals surface area contributed by atoms with Gasteiger partial charge in [0.25, 0.3) is 0 Å². The van der Waals surface area contributed by atoms with Crippen LogP contribution >= 0.6 is 27.5 Å². The molecular weight excluding hydrogens is 1710 g/mol. The number of morpholine rings is 6. The fourth-order valence-electron chi connectivity index (χ4n) is 11.7. The maximum absolute atomic E-state index is 14.0. The van der Waals surface area contributed by atoms with Crippen LogP contribution < -0.4 is 40.6 Å². The second-order valence-electron chi connectivity index (χ2n) is 28.9. The number of anilines is 7. The molecule has 7 fully saturated rings. The van der Waals surface area contributed by atoms with Crippen LogP contribution in [0.25, 0.3) is 22.8 Å². The van der Waals surface area contributed by atoms with Gasteiger partial charge in [-0.1, -0.05) is 0 Å². The van der Waals surface area contributed by atoms with E-state index in [2.05, 4.69) is 105 Å². The summed E-state index contributed by atoms with van der Waals surface area (Å²) in [4.78, 5) is 83.3. The Bertz CT molecular complexity index is 4530. The Kier molecular flexibility index (Phi) is 32.1. The van der Waals surface area contributed by atoms with Crippen LogP contribution in [-0.2, 0) is 62.4 Å². The average Bonchev–Trinajstić information content (AvgIpc) is 1.64. The molecule has 7 aromatic heterocycles. The lowest BCUT2D eigenvalue weighted by molar-refractivity contribution is -0.138. The van der Waals surface area contributed by atoms with E-state index in [9.17, 15) is 52.7 Å². The van der Waals surface area contributed by atoms with Gasteiger partial charge in [0, 0.05) is 156 Å². The van der Waals surface area contributed by atoms with Crippen LogP contribution in [0.1, 0.15) is 49.9 Å². The third kappa shape index (κ3) is 26.7. The number of rotatable bonds is 15. The van der Waals surface area contributed by atoms with Crippen LogP contribution in [0.4, 0.5) is 112 Å². The molecule has 658 valence electrons. The van der Waals surface area contributed by atoms with E-state index in [1.807, 2.05) is 19.6 Å². The van der Waals surface area contributed by atoms with Crippen molar-refractivity contribution in [1.82, 2.24) is 79.5 Å². The Morgan fingerprint density at radius 2 is 0.653 bits per heavy atom. The number of aromatic nitrogens is 13. The molecule has 7 aromatic rings. The van der Waals surface area contributed by atoms with E-state index in [0.29, 0.717) is 167 Å².